The average Bonchev–Trinajstić information content (AvgIpc) is 2.90. The Kier molecular flexibility index (Phi) is 7.62. The number of Topliss-reactive ketones (excluding diaryl/α,β-unsaturated/α-hetero) is 1. The molecule has 2 heterocycles. The summed E-state index contributed by atoms with van der Waals surface area (Å²) >= 11 is 0. The van der Waals surface area contributed by atoms with Crippen LogP contribution in [0.1, 0.15) is 49.0 Å². The monoisotopic (exact) mass is 528 g/mol. The standard InChI is InChI=1S/C28H34F2N4O4/c1-27(2,25(36)38-4)17-32-22-13-18(5-7-21(22)30)16-31-26(37)34-11-9-28(10-12-34)15-24(35)20-14-19(29)6-8-23(20)33(28)3/h5-8,13-14,32H,9-12,15-17H2,1-4H3,(H,31,37). The Morgan fingerprint density at radius 2 is 1.82 bits per heavy atom. The topological polar surface area (TPSA) is 91.0 Å². The molecule has 0 bridgehead atoms. The quantitative estimate of drug-likeness (QED) is 0.542. The number of methoxy groups -OCH3 is 1. The molecule has 2 aromatic carbocycles. The summed E-state index contributed by atoms with van der Waals surface area (Å²) in [6.45, 7) is 4.73. The largest absolute Gasteiger partial charge is 0.469 e. The average molecular weight is 529 g/mol. The van der Waals surface area contributed by atoms with Crippen molar-refractivity contribution in [2.75, 3.05) is 44.0 Å². The number of ether oxygens (including phenoxy) is 1. The van der Waals surface area contributed by atoms with Crippen molar-refractivity contribution in [3.8, 4) is 0 Å². The van der Waals surface area contributed by atoms with Crippen LogP contribution in [-0.4, -0.2) is 62.0 Å². The molecule has 4 rings (SSSR count). The van der Waals surface area contributed by atoms with E-state index in [1.807, 2.05) is 7.05 Å². The van der Waals surface area contributed by atoms with Gasteiger partial charge < -0.3 is 25.2 Å². The number of piperidine rings is 1. The van der Waals surface area contributed by atoms with Crippen molar-refractivity contribution in [3.63, 3.8) is 0 Å². The number of esters is 1. The third-order valence-electron chi connectivity index (χ3n) is 7.74. The summed E-state index contributed by atoms with van der Waals surface area (Å²) in [5, 5.41) is 5.85. The van der Waals surface area contributed by atoms with Crippen molar-refractivity contribution in [2.24, 2.45) is 5.41 Å². The molecule has 0 aromatic heterocycles. The van der Waals surface area contributed by atoms with Gasteiger partial charge in [0.2, 0.25) is 0 Å². The van der Waals surface area contributed by atoms with Gasteiger partial charge in [-0.1, -0.05) is 6.07 Å². The van der Waals surface area contributed by atoms with Crippen LogP contribution in [0, 0.1) is 17.0 Å². The number of fused-ring (bicyclic) bond motifs is 1. The summed E-state index contributed by atoms with van der Waals surface area (Å²) in [6, 6.07) is 8.58. The van der Waals surface area contributed by atoms with Crippen molar-refractivity contribution >= 4 is 29.2 Å². The van der Waals surface area contributed by atoms with Crippen LogP contribution in [0.15, 0.2) is 36.4 Å². The van der Waals surface area contributed by atoms with Gasteiger partial charge in [-0.05, 0) is 62.6 Å². The van der Waals surface area contributed by atoms with E-state index < -0.39 is 28.6 Å². The summed E-state index contributed by atoms with van der Waals surface area (Å²) in [7, 11) is 3.23. The number of hydrogen-bond acceptors (Lipinski definition) is 6. The van der Waals surface area contributed by atoms with Crippen molar-refractivity contribution < 1.29 is 27.9 Å². The normalized spacial score (nSPS) is 16.7. The maximum absolute atomic E-state index is 14.3. The van der Waals surface area contributed by atoms with E-state index in [1.54, 1.807) is 36.9 Å². The zero-order valence-corrected chi connectivity index (χ0v) is 22.2. The number of carbonyl (C=O) groups excluding carboxylic acids is 3. The Bertz CT molecular complexity index is 1240. The molecule has 1 fully saturated rings. The number of carbonyl (C=O) groups is 3. The first-order valence-corrected chi connectivity index (χ1v) is 12.7. The second kappa shape index (κ2) is 10.6. The zero-order valence-electron chi connectivity index (χ0n) is 22.2. The Balaban J connectivity index is 1.33. The Labute approximate surface area is 221 Å². The number of anilines is 2. The van der Waals surface area contributed by atoms with Crippen molar-refractivity contribution in [1.82, 2.24) is 10.2 Å². The summed E-state index contributed by atoms with van der Waals surface area (Å²) in [4.78, 5) is 41.4. The minimum Gasteiger partial charge on any atom is -0.469 e. The lowest BCUT2D eigenvalue weighted by Gasteiger charge is -2.50. The van der Waals surface area contributed by atoms with Gasteiger partial charge in [0.05, 0.1) is 23.8 Å². The molecule has 2 aromatic rings. The molecule has 38 heavy (non-hydrogen) atoms. The van der Waals surface area contributed by atoms with Gasteiger partial charge in [-0.3, -0.25) is 9.59 Å². The van der Waals surface area contributed by atoms with E-state index in [1.165, 1.54) is 25.3 Å². The Morgan fingerprint density at radius 3 is 2.50 bits per heavy atom. The van der Waals surface area contributed by atoms with E-state index in [0.29, 0.717) is 37.1 Å². The molecule has 2 aliphatic heterocycles. The second-order valence-electron chi connectivity index (χ2n) is 10.7. The predicted octanol–water partition coefficient (Wildman–Crippen LogP) is 4.34. The van der Waals surface area contributed by atoms with Gasteiger partial charge in [-0.25, -0.2) is 13.6 Å². The van der Waals surface area contributed by atoms with Crippen LogP contribution in [0.5, 0.6) is 0 Å². The minimum absolute atomic E-state index is 0.0776. The highest BCUT2D eigenvalue weighted by molar-refractivity contribution is 6.04. The number of rotatable bonds is 6. The minimum atomic E-state index is -0.841. The van der Waals surface area contributed by atoms with Gasteiger partial charge in [0.25, 0.3) is 0 Å². The first-order chi connectivity index (χ1) is 18.0. The number of nitrogens with one attached hydrogen (secondary N) is 2. The highest BCUT2D eigenvalue weighted by Crippen LogP contribution is 2.42. The third kappa shape index (κ3) is 5.44. The van der Waals surface area contributed by atoms with Crippen molar-refractivity contribution in [3.05, 3.63) is 59.2 Å². The van der Waals surface area contributed by atoms with Gasteiger partial charge in [-0.2, -0.15) is 0 Å². The number of likely N-dealkylation sites (tertiary alicyclic amines) is 1. The SMILES string of the molecule is COC(=O)C(C)(C)CNc1cc(CNC(=O)N2CCC3(CC2)CC(=O)c2cc(F)ccc2N3C)ccc1F. The third-order valence-corrected chi connectivity index (χ3v) is 7.74. The van der Waals surface area contributed by atoms with Gasteiger partial charge in [0.15, 0.2) is 5.78 Å². The summed E-state index contributed by atoms with van der Waals surface area (Å²) in [5.41, 5.74) is 0.809. The number of benzene rings is 2. The lowest BCUT2D eigenvalue weighted by molar-refractivity contribution is -0.149. The molecule has 0 atom stereocenters. The van der Waals surface area contributed by atoms with Crippen LogP contribution in [0.4, 0.5) is 25.0 Å². The molecule has 0 saturated carbocycles. The molecule has 1 saturated heterocycles. The van der Waals surface area contributed by atoms with Crippen LogP contribution < -0.4 is 15.5 Å². The maximum atomic E-state index is 14.3. The van der Waals surface area contributed by atoms with Gasteiger partial charge >= 0.3 is 12.0 Å². The molecule has 1 spiro atoms. The second-order valence-corrected chi connectivity index (χ2v) is 10.7. The van der Waals surface area contributed by atoms with Gasteiger partial charge in [0.1, 0.15) is 11.6 Å². The molecule has 0 radical (unpaired) electrons. The lowest BCUT2D eigenvalue weighted by Crippen LogP contribution is -2.59. The fourth-order valence-electron chi connectivity index (χ4n) is 5.20. The smallest absolute Gasteiger partial charge is 0.317 e. The fourth-order valence-corrected chi connectivity index (χ4v) is 5.20. The van der Waals surface area contributed by atoms with Crippen LogP contribution in [-0.2, 0) is 16.1 Å². The molecule has 2 amide bonds. The first kappa shape index (κ1) is 27.3. The fraction of sp³-hybridized carbons (Fsp3) is 0.464. The molecule has 2 aliphatic rings. The Morgan fingerprint density at radius 1 is 1.11 bits per heavy atom. The van der Waals surface area contributed by atoms with Crippen LogP contribution in [0.25, 0.3) is 0 Å². The summed E-state index contributed by atoms with van der Waals surface area (Å²) < 4.78 is 32.8. The summed E-state index contributed by atoms with van der Waals surface area (Å²) in [5.74, 6) is -1.37. The van der Waals surface area contributed by atoms with E-state index in [9.17, 15) is 23.2 Å². The molecule has 0 aliphatic carbocycles. The number of halogens is 2. The van der Waals surface area contributed by atoms with E-state index in [-0.39, 0.29) is 37.0 Å². The van der Waals surface area contributed by atoms with Crippen LogP contribution in [0.3, 0.4) is 0 Å². The van der Waals surface area contributed by atoms with E-state index in [2.05, 4.69) is 15.5 Å². The van der Waals surface area contributed by atoms with Crippen LogP contribution in [0.2, 0.25) is 0 Å². The lowest BCUT2D eigenvalue weighted by atomic mass is 9.77. The Hall–Kier alpha value is -3.69. The number of nitrogens with zero attached hydrogens (tertiary/aromatic N) is 2. The first-order valence-electron chi connectivity index (χ1n) is 12.7. The maximum Gasteiger partial charge on any atom is 0.317 e. The van der Waals surface area contributed by atoms with Crippen LogP contribution >= 0.6 is 0 Å². The zero-order chi connectivity index (χ0) is 27.7. The molecular weight excluding hydrogens is 494 g/mol. The van der Waals surface area contributed by atoms with E-state index in [4.69, 9.17) is 4.74 Å². The van der Waals surface area contributed by atoms with E-state index in [0.717, 1.165) is 5.69 Å². The molecule has 10 heteroatoms. The molecular formula is C28H34F2N4O4. The van der Waals surface area contributed by atoms with Crippen molar-refractivity contribution in [2.45, 2.75) is 45.2 Å². The summed E-state index contributed by atoms with van der Waals surface area (Å²) in [6.07, 6.45) is 1.51. The molecule has 204 valence electrons. The molecule has 8 nitrogen and oxygen atoms in total. The van der Waals surface area contributed by atoms with Crippen molar-refractivity contribution in [1.29, 1.82) is 0 Å². The number of urea groups is 1. The van der Waals surface area contributed by atoms with Gasteiger partial charge in [0, 0.05) is 50.9 Å². The highest BCUT2D eigenvalue weighted by Gasteiger charge is 2.45. The number of ketones is 1. The predicted molar refractivity (Wildman–Crippen MR) is 140 cm³/mol. The number of amides is 2. The van der Waals surface area contributed by atoms with Gasteiger partial charge in [-0.15, -0.1) is 0 Å². The number of hydrogen-bond donors (Lipinski definition) is 2. The van der Waals surface area contributed by atoms with E-state index >= 15 is 0 Å². The molecule has 2 N–H and O–H groups in total. The molecule has 0 unspecified atom stereocenters. The highest BCUT2D eigenvalue weighted by atomic mass is 19.1.